The van der Waals surface area contributed by atoms with Crippen LogP contribution < -0.4 is 5.73 Å². The molecule has 0 amide bonds. The van der Waals surface area contributed by atoms with Crippen LogP contribution in [0.4, 0.5) is 0 Å². The number of fused-ring (bicyclic) bond motifs is 1. The topological polar surface area (TPSA) is 56.2 Å². The number of nitrogens with zero attached hydrogens (tertiary/aromatic N) is 3. The average Bonchev–Trinajstić information content (AvgIpc) is 2.67. The molecule has 0 saturated carbocycles. The van der Waals surface area contributed by atoms with E-state index in [-0.39, 0.29) is 11.3 Å². The molecule has 2 aromatic rings. The van der Waals surface area contributed by atoms with Crippen molar-refractivity contribution in [2.75, 3.05) is 6.54 Å². The fourth-order valence-corrected chi connectivity index (χ4v) is 2.52. The molecular formula is C13H19BrN4. The van der Waals surface area contributed by atoms with Gasteiger partial charge in [0.25, 0.3) is 0 Å². The lowest BCUT2D eigenvalue weighted by atomic mass is 9.84. The van der Waals surface area contributed by atoms with Crippen molar-refractivity contribution in [3.8, 4) is 0 Å². The van der Waals surface area contributed by atoms with Crippen LogP contribution in [-0.2, 0) is 0 Å². The van der Waals surface area contributed by atoms with E-state index in [0.29, 0.717) is 6.54 Å². The Kier molecular flexibility index (Phi) is 3.73. The highest BCUT2D eigenvalue weighted by Crippen LogP contribution is 2.30. The van der Waals surface area contributed by atoms with Crippen LogP contribution in [0.1, 0.15) is 38.9 Å². The minimum Gasteiger partial charge on any atom is -0.330 e. The molecule has 0 saturated heterocycles. The van der Waals surface area contributed by atoms with Crippen molar-refractivity contribution in [2.45, 2.75) is 33.1 Å². The molecule has 0 aliphatic heterocycles. The summed E-state index contributed by atoms with van der Waals surface area (Å²) in [6.07, 6.45) is 2.99. The lowest BCUT2D eigenvalue weighted by molar-refractivity contribution is 0.335. The maximum atomic E-state index is 5.91. The zero-order chi connectivity index (χ0) is 13.3. The van der Waals surface area contributed by atoms with Crippen molar-refractivity contribution in [2.24, 2.45) is 11.1 Å². The molecule has 0 radical (unpaired) electrons. The predicted molar refractivity (Wildman–Crippen MR) is 76.6 cm³/mol. The summed E-state index contributed by atoms with van der Waals surface area (Å²) >= 11 is 3.48. The van der Waals surface area contributed by atoms with Gasteiger partial charge in [0.2, 0.25) is 0 Å². The number of hydrogen-bond donors (Lipinski definition) is 1. The van der Waals surface area contributed by atoms with Gasteiger partial charge in [-0.2, -0.15) is 0 Å². The Hall–Kier alpha value is -0.940. The molecule has 0 bridgehead atoms. The van der Waals surface area contributed by atoms with Gasteiger partial charge in [-0.05, 0) is 39.9 Å². The van der Waals surface area contributed by atoms with Crippen LogP contribution in [0.3, 0.4) is 0 Å². The summed E-state index contributed by atoms with van der Waals surface area (Å²) in [7, 11) is 0. The third-order valence-electron chi connectivity index (χ3n) is 2.90. The maximum Gasteiger partial charge on any atom is 0.160 e. The standard InChI is InChI=1S/C13H19BrN4/c1-13(2,3)6-9(7-15)12-17-16-11-5-4-10(14)8-18(11)12/h4-5,8-9H,6-7,15H2,1-3H3. The first-order valence-electron chi connectivity index (χ1n) is 6.11. The highest BCUT2D eigenvalue weighted by molar-refractivity contribution is 9.10. The molecular weight excluding hydrogens is 292 g/mol. The van der Waals surface area contributed by atoms with Gasteiger partial charge in [-0.3, -0.25) is 4.40 Å². The fourth-order valence-electron chi connectivity index (χ4n) is 2.18. The Morgan fingerprint density at radius 1 is 1.33 bits per heavy atom. The predicted octanol–water partition coefficient (Wildman–Crippen LogP) is 2.97. The number of rotatable bonds is 3. The number of halogens is 1. The van der Waals surface area contributed by atoms with Crippen LogP contribution >= 0.6 is 15.9 Å². The largest absolute Gasteiger partial charge is 0.330 e. The van der Waals surface area contributed by atoms with Crippen LogP contribution in [0.2, 0.25) is 0 Å². The summed E-state index contributed by atoms with van der Waals surface area (Å²) in [6, 6.07) is 3.92. The first-order valence-corrected chi connectivity index (χ1v) is 6.90. The number of pyridine rings is 1. The van der Waals surface area contributed by atoms with Crippen molar-refractivity contribution in [3.63, 3.8) is 0 Å². The second-order valence-electron chi connectivity index (χ2n) is 5.83. The molecule has 1 unspecified atom stereocenters. The summed E-state index contributed by atoms with van der Waals surface area (Å²) < 4.78 is 3.04. The molecule has 98 valence electrons. The van der Waals surface area contributed by atoms with Crippen molar-refractivity contribution in [1.82, 2.24) is 14.6 Å². The SMILES string of the molecule is CC(C)(C)CC(CN)c1nnc2ccc(Br)cn12. The lowest BCUT2D eigenvalue weighted by Gasteiger charge is -2.23. The van der Waals surface area contributed by atoms with E-state index >= 15 is 0 Å². The number of aromatic nitrogens is 3. The Balaban J connectivity index is 2.42. The quantitative estimate of drug-likeness (QED) is 0.948. The van der Waals surface area contributed by atoms with Gasteiger partial charge in [0.1, 0.15) is 5.82 Å². The Bertz CT molecular complexity index is 541. The molecule has 0 aliphatic rings. The summed E-state index contributed by atoms with van der Waals surface area (Å²) in [5, 5.41) is 8.50. The number of nitrogens with two attached hydrogens (primary N) is 1. The molecule has 0 fully saturated rings. The monoisotopic (exact) mass is 310 g/mol. The highest BCUT2D eigenvalue weighted by Gasteiger charge is 2.23. The molecule has 18 heavy (non-hydrogen) atoms. The van der Waals surface area contributed by atoms with Crippen LogP contribution in [0.5, 0.6) is 0 Å². The zero-order valence-corrected chi connectivity index (χ0v) is 12.6. The van der Waals surface area contributed by atoms with Crippen molar-refractivity contribution < 1.29 is 0 Å². The van der Waals surface area contributed by atoms with Crippen molar-refractivity contribution in [3.05, 3.63) is 28.6 Å². The zero-order valence-electron chi connectivity index (χ0n) is 11.0. The third kappa shape index (κ3) is 2.90. The molecule has 0 aliphatic carbocycles. The minimum absolute atomic E-state index is 0.224. The first kappa shape index (κ1) is 13.5. The molecule has 4 nitrogen and oxygen atoms in total. The minimum atomic E-state index is 0.224. The normalized spacial score (nSPS) is 14.1. The van der Waals surface area contributed by atoms with Crippen LogP contribution in [-0.4, -0.2) is 21.1 Å². The van der Waals surface area contributed by atoms with Gasteiger partial charge in [0.05, 0.1) is 0 Å². The van der Waals surface area contributed by atoms with E-state index in [9.17, 15) is 0 Å². The molecule has 1 atom stereocenters. The van der Waals surface area contributed by atoms with E-state index in [1.165, 1.54) is 0 Å². The van der Waals surface area contributed by atoms with Crippen molar-refractivity contribution in [1.29, 1.82) is 0 Å². The summed E-state index contributed by atoms with van der Waals surface area (Å²) in [5.74, 6) is 1.18. The van der Waals surface area contributed by atoms with E-state index in [2.05, 4.69) is 46.9 Å². The van der Waals surface area contributed by atoms with Gasteiger partial charge in [0, 0.05) is 23.1 Å². The summed E-state index contributed by atoms with van der Waals surface area (Å²) in [4.78, 5) is 0. The smallest absolute Gasteiger partial charge is 0.160 e. The molecule has 2 N–H and O–H groups in total. The van der Waals surface area contributed by atoms with Crippen molar-refractivity contribution >= 4 is 21.6 Å². The number of hydrogen-bond acceptors (Lipinski definition) is 3. The van der Waals surface area contributed by atoms with Gasteiger partial charge in [-0.1, -0.05) is 20.8 Å². The van der Waals surface area contributed by atoms with Gasteiger partial charge >= 0.3 is 0 Å². The van der Waals surface area contributed by atoms with Crippen LogP contribution in [0, 0.1) is 5.41 Å². The maximum absolute atomic E-state index is 5.91. The molecule has 0 aromatic carbocycles. The molecule has 0 spiro atoms. The van der Waals surface area contributed by atoms with Crippen LogP contribution in [0.25, 0.3) is 5.65 Å². The van der Waals surface area contributed by atoms with Gasteiger partial charge in [-0.25, -0.2) is 0 Å². The molecule has 2 heterocycles. The van der Waals surface area contributed by atoms with E-state index in [1.807, 2.05) is 22.7 Å². The molecule has 2 aromatic heterocycles. The lowest BCUT2D eigenvalue weighted by Crippen LogP contribution is -2.21. The molecule has 2 rings (SSSR count). The second-order valence-corrected chi connectivity index (χ2v) is 6.75. The summed E-state index contributed by atoms with van der Waals surface area (Å²) in [6.45, 7) is 7.24. The van der Waals surface area contributed by atoms with Gasteiger partial charge in [-0.15, -0.1) is 10.2 Å². The second kappa shape index (κ2) is 4.97. The first-order chi connectivity index (χ1) is 8.40. The highest BCUT2D eigenvalue weighted by atomic mass is 79.9. The van der Waals surface area contributed by atoms with E-state index in [0.717, 1.165) is 22.4 Å². The third-order valence-corrected chi connectivity index (χ3v) is 3.37. The Morgan fingerprint density at radius 2 is 2.06 bits per heavy atom. The fraction of sp³-hybridized carbons (Fsp3) is 0.538. The van der Waals surface area contributed by atoms with E-state index in [4.69, 9.17) is 5.73 Å². The summed E-state index contributed by atoms with van der Waals surface area (Å²) in [5.41, 5.74) is 6.99. The van der Waals surface area contributed by atoms with Gasteiger partial charge in [0.15, 0.2) is 5.65 Å². The van der Waals surface area contributed by atoms with Gasteiger partial charge < -0.3 is 5.73 Å². The van der Waals surface area contributed by atoms with Crippen LogP contribution in [0.15, 0.2) is 22.8 Å². The Morgan fingerprint density at radius 3 is 2.67 bits per heavy atom. The van der Waals surface area contributed by atoms with E-state index in [1.54, 1.807) is 0 Å². The molecule has 5 heteroatoms. The average molecular weight is 311 g/mol. The Labute approximate surface area is 116 Å². The van der Waals surface area contributed by atoms with E-state index < -0.39 is 0 Å².